The lowest BCUT2D eigenvalue weighted by Gasteiger charge is -2.12. The van der Waals surface area contributed by atoms with Crippen molar-refractivity contribution in [3.63, 3.8) is 0 Å². The second-order valence-corrected chi connectivity index (χ2v) is 5.07. The monoisotopic (exact) mass is 347 g/mol. The maximum atomic E-state index is 12.9. The number of anilines is 1. The van der Waals surface area contributed by atoms with E-state index in [1.165, 1.54) is 18.2 Å². The predicted molar refractivity (Wildman–Crippen MR) is 75.0 cm³/mol. The van der Waals surface area contributed by atoms with E-state index in [4.69, 9.17) is 22.1 Å². The van der Waals surface area contributed by atoms with Gasteiger partial charge in [0.05, 0.1) is 10.0 Å². The van der Waals surface area contributed by atoms with Gasteiger partial charge < -0.3 is 10.5 Å². The van der Waals surface area contributed by atoms with Crippen LogP contribution in [0.15, 0.2) is 40.9 Å². The Hall–Kier alpha value is -1.33. The third-order valence-electron chi connectivity index (χ3n) is 2.38. The van der Waals surface area contributed by atoms with E-state index in [0.717, 1.165) is 0 Å². The second-order valence-electron chi connectivity index (χ2n) is 3.77. The summed E-state index contributed by atoms with van der Waals surface area (Å²) >= 11 is 9.06. The molecule has 0 unspecified atom stereocenters. The van der Waals surface area contributed by atoms with Crippen LogP contribution in [0.25, 0.3) is 0 Å². The predicted octanol–water partition coefficient (Wildman–Crippen LogP) is 5.41. The lowest BCUT2D eigenvalue weighted by molar-refractivity contribution is 0.148. The van der Waals surface area contributed by atoms with E-state index in [-0.39, 0.29) is 17.0 Å². The summed E-state index contributed by atoms with van der Waals surface area (Å²) in [6, 6.07) is 8.95. The van der Waals surface area contributed by atoms with Crippen LogP contribution >= 0.6 is 27.5 Å². The normalized spacial score (nSPS) is 10.8. The Bertz CT molecular complexity index is 607. The fourth-order valence-corrected chi connectivity index (χ4v) is 2.27. The zero-order chi connectivity index (χ0) is 14.0. The molecule has 19 heavy (non-hydrogen) atoms. The van der Waals surface area contributed by atoms with Crippen LogP contribution in [-0.4, -0.2) is 0 Å². The number of nitrogen functional groups attached to an aromatic ring is 1. The molecule has 0 aliphatic rings. The van der Waals surface area contributed by atoms with E-state index in [1.54, 1.807) is 18.2 Å². The van der Waals surface area contributed by atoms with E-state index in [2.05, 4.69) is 15.9 Å². The molecular weight excluding hydrogens is 340 g/mol. The molecule has 2 aromatic carbocycles. The third kappa shape index (κ3) is 3.36. The van der Waals surface area contributed by atoms with Crippen molar-refractivity contribution in [1.82, 2.24) is 0 Å². The van der Waals surface area contributed by atoms with Gasteiger partial charge in [-0.2, -0.15) is 0 Å². The summed E-state index contributed by atoms with van der Waals surface area (Å²) in [7, 11) is 0. The molecule has 0 saturated carbocycles. The Morgan fingerprint density at radius 3 is 2.42 bits per heavy atom. The van der Waals surface area contributed by atoms with Crippen LogP contribution in [0.5, 0.6) is 11.5 Å². The van der Waals surface area contributed by atoms with Crippen molar-refractivity contribution in [1.29, 1.82) is 0 Å². The molecule has 2 rings (SSSR count). The minimum absolute atomic E-state index is 0.0622. The van der Waals surface area contributed by atoms with Crippen LogP contribution in [0.1, 0.15) is 12.0 Å². The van der Waals surface area contributed by atoms with Crippen molar-refractivity contribution < 1.29 is 13.5 Å². The Morgan fingerprint density at radius 1 is 1.11 bits per heavy atom. The van der Waals surface area contributed by atoms with E-state index < -0.39 is 6.43 Å². The van der Waals surface area contributed by atoms with Gasteiger partial charge in [-0.15, -0.1) is 0 Å². The Kier molecular flexibility index (Phi) is 4.27. The molecule has 0 fully saturated rings. The molecule has 0 bridgehead atoms. The second kappa shape index (κ2) is 5.75. The molecule has 2 N–H and O–H groups in total. The van der Waals surface area contributed by atoms with Crippen LogP contribution in [0.2, 0.25) is 5.02 Å². The molecule has 0 aliphatic carbocycles. The first kappa shape index (κ1) is 14.1. The van der Waals surface area contributed by atoms with Gasteiger partial charge in [-0.25, -0.2) is 8.78 Å². The maximum absolute atomic E-state index is 12.9. The first-order chi connectivity index (χ1) is 8.97. The van der Waals surface area contributed by atoms with E-state index >= 15 is 0 Å². The van der Waals surface area contributed by atoms with Gasteiger partial charge in [-0.1, -0.05) is 11.6 Å². The highest BCUT2D eigenvalue weighted by atomic mass is 79.9. The summed E-state index contributed by atoms with van der Waals surface area (Å²) in [5.74, 6) is 0.461. The molecule has 0 atom stereocenters. The number of ether oxygens (including phenoxy) is 1. The molecule has 0 aliphatic heterocycles. The van der Waals surface area contributed by atoms with E-state index in [1.807, 2.05) is 0 Å². The molecule has 0 amide bonds. The summed E-state index contributed by atoms with van der Waals surface area (Å²) in [5.41, 5.74) is 5.51. The number of nitrogens with two attached hydrogens (primary N) is 1. The van der Waals surface area contributed by atoms with E-state index in [9.17, 15) is 8.78 Å². The highest BCUT2D eigenvalue weighted by Gasteiger charge is 2.16. The highest BCUT2D eigenvalue weighted by molar-refractivity contribution is 9.10. The molecule has 0 aromatic heterocycles. The lowest BCUT2D eigenvalue weighted by Crippen LogP contribution is -1.95. The van der Waals surface area contributed by atoms with Crippen LogP contribution < -0.4 is 10.5 Å². The number of alkyl halides is 2. The first-order valence-corrected chi connectivity index (χ1v) is 6.45. The van der Waals surface area contributed by atoms with Crippen molar-refractivity contribution in [2.45, 2.75) is 6.43 Å². The zero-order valence-corrected chi connectivity index (χ0v) is 11.9. The Labute approximate surface area is 122 Å². The largest absolute Gasteiger partial charge is 0.456 e. The lowest BCUT2D eigenvalue weighted by atomic mass is 10.2. The summed E-state index contributed by atoms with van der Waals surface area (Å²) in [6.45, 7) is 0. The van der Waals surface area contributed by atoms with Crippen molar-refractivity contribution in [3.8, 4) is 11.5 Å². The smallest absolute Gasteiger partial charge is 0.267 e. The average molecular weight is 349 g/mol. The van der Waals surface area contributed by atoms with Crippen molar-refractivity contribution in [2.75, 3.05) is 5.73 Å². The maximum Gasteiger partial charge on any atom is 0.267 e. The molecule has 6 heteroatoms. The SMILES string of the molecule is Nc1ccc(Oc2ccc(Cl)cc2Br)c(C(F)F)c1. The van der Waals surface area contributed by atoms with Gasteiger partial charge in [0, 0.05) is 10.7 Å². The first-order valence-electron chi connectivity index (χ1n) is 5.28. The van der Waals surface area contributed by atoms with Gasteiger partial charge in [-0.05, 0) is 52.3 Å². The van der Waals surface area contributed by atoms with Gasteiger partial charge in [0.1, 0.15) is 11.5 Å². The van der Waals surface area contributed by atoms with Crippen molar-refractivity contribution >= 4 is 33.2 Å². The summed E-state index contributed by atoms with van der Waals surface area (Å²) < 4.78 is 31.9. The fourth-order valence-electron chi connectivity index (χ4n) is 1.51. The van der Waals surface area contributed by atoms with Crippen LogP contribution in [-0.2, 0) is 0 Å². The average Bonchev–Trinajstić information content (AvgIpc) is 2.34. The summed E-state index contributed by atoms with van der Waals surface area (Å²) in [6.07, 6.45) is -2.66. The molecule has 2 aromatic rings. The van der Waals surface area contributed by atoms with Crippen molar-refractivity contribution in [3.05, 3.63) is 51.5 Å². The van der Waals surface area contributed by atoms with Gasteiger partial charge >= 0.3 is 0 Å². The number of hydrogen-bond acceptors (Lipinski definition) is 2. The molecule has 100 valence electrons. The van der Waals surface area contributed by atoms with Crippen LogP contribution in [0.3, 0.4) is 0 Å². The summed E-state index contributed by atoms with van der Waals surface area (Å²) in [5, 5.41) is 0.519. The molecule has 0 spiro atoms. The fraction of sp³-hybridized carbons (Fsp3) is 0.0769. The van der Waals surface area contributed by atoms with Gasteiger partial charge in [0.25, 0.3) is 6.43 Å². The Balaban J connectivity index is 2.38. The topological polar surface area (TPSA) is 35.2 Å². The number of benzene rings is 2. The molecule has 0 radical (unpaired) electrons. The van der Waals surface area contributed by atoms with Gasteiger partial charge in [0.15, 0.2) is 0 Å². The molecule has 0 heterocycles. The zero-order valence-electron chi connectivity index (χ0n) is 9.54. The van der Waals surface area contributed by atoms with Crippen LogP contribution in [0, 0.1) is 0 Å². The quantitative estimate of drug-likeness (QED) is 0.752. The minimum atomic E-state index is -2.66. The standard InChI is InChI=1S/C13H9BrClF2NO/c14-10-5-7(15)1-3-12(10)19-11-4-2-8(18)6-9(11)13(16)17/h1-6,13H,18H2. The van der Waals surface area contributed by atoms with Crippen molar-refractivity contribution in [2.24, 2.45) is 0 Å². The number of hydrogen-bond donors (Lipinski definition) is 1. The highest BCUT2D eigenvalue weighted by Crippen LogP contribution is 2.37. The molecular formula is C13H9BrClF2NO. The Morgan fingerprint density at radius 2 is 1.79 bits per heavy atom. The third-order valence-corrected chi connectivity index (χ3v) is 3.24. The minimum Gasteiger partial charge on any atom is -0.456 e. The van der Waals surface area contributed by atoms with Gasteiger partial charge in [-0.3, -0.25) is 0 Å². The molecule has 2 nitrogen and oxygen atoms in total. The van der Waals surface area contributed by atoms with E-state index in [0.29, 0.717) is 15.2 Å². The van der Waals surface area contributed by atoms with Gasteiger partial charge in [0.2, 0.25) is 0 Å². The summed E-state index contributed by atoms with van der Waals surface area (Å²) in [4.78, 5) is 0. The van der Waals surface area contributed by atoms with Crippen LogP contribution in [0.4, 0.5) is 14.5 Å². The number of halogens is 4. The number of rotatable bonds is 3. The molecule has 0 saturated heterocycles.